The van der Waals surface area contributed by atoms with E-state index in [2.05, 4.69) is 9.82 Å². The Hall–Kier alpha value is -2.20. The number of nitrogens with zero attached hydrogens (tertiary/aromatic N) is 2. The zero-order chi connectivity index (χ0) is 19.7. The summed E-state index contributed by atoms with van der Waals surface area (Å²) in [5, 5.41) is 4.27. The van der Waals surface area contributed by atoms with Gasteiger partial charge in [-0.15, -0.1) is 0 Å². The van der Waals surface area contributed by atoms with Crippen LogP contribution in [0.1, 0.15) is 29.7 Å². The highest BCUT2D eigenvalue weighted by molar-refractivity contribution is 7.89. The number of hydrogen-bond donors (Lipinski definition) is 1. The molecule has 0 amide bonds. The normalized spacial score (nSPS) is 14.8. The molecule has 1 heterocycles. The van der Waals surface area contributed by atoms with Gasteiger partial charge in [0.2, 0.25) is 10.0 Å². The van der Waals surface area contributed by atoms with E-state index < -0.39 is 26.7 Å². The lowest BCUT2D eigenvalue weighted by atomic mass is 9.97. The van der Waals surface area contributed by atoms with Gasteiger partial charge in [-0.2, -0.15) is 18.3 Å². The van der Waals surface area contributed by atoms with Gasteiger partial charge in [-0.05, 0) is 49.4 Å². The van der Waals surface area contributed by atoms with Crippen molar-refractivity contribution in [2.75, 3.05) is 6.54 Å². The molecule has 2 aromatic rings. The lowest BCUT2D eigenvalue weighted by Gasteiger charge is -2.16. The van der Waals surface area contributed by atoms with Crippen LogP contribution in [-0.4, -0.2) is 24.7 Å². The van der Waals surface area contributed by atoms with E-state index in [-0.39, 0.29) is 18.6 Å². The molecule has 0 atom stereocenters. The molecule has 6 nitrogen and oxygen atoms in total. The Kier molecular flexibility index (Phi) is 5.38. The van der Waals surface area contributed by atoms with Crippen molar-refractivity contribution in [1.29, 1.82) is 0 Å². The summed E-state index contributed by atoms with van der Waals surface area (Å²) in [5.74, 6) is 0. The van der Waals surface area contributed by atoms with Crippen molar-refractivity contribution in [2.24, 2.45) is 0 Å². The minimum absolute atomic E-state index is 0.00962. The Morgan fingerprint density at radius 3 is 2.63 bits per heavy atom. The highest BCUT2D eigenvalue weighted by Gasteiger charge is 2.31. The predicted octanol–water partition coefficient (Wildman–Crippen LogP) is 2.12. The molecule has 1 aliphatic carbocycles. The summed E-state index contributed by atoms with van der Waals surface area (Å²) in [4.78, 5) is 11.6. The maximum absolute atomic E-state index is 12.8. The number of hydrogen-bond acceptors (Lipinski definition) is 4. The standard InChI is InChI=1S/C17H18F3N3O3S/c18-17(19,20)13-5-3-6-14(11-13)27(25,26)21-8-9-23-16(24)10-12-4-1-2-7-15(12)22-23/h3,5-6,10-11,21H,1-2,4,7-9H2. The lowest BCUT2D eigenvalue weighted by Crippen LogP contribution is -2.33. The second kappa shape index (κ2) is 7.43. The number of aromatic nitrogens is 2. The first kappa shape index (κ1) is 19.6. The zero-order valence-corrected chi connectivity index (χ0v) is 15.1. The monoisotopic (exact) mass is 401 g/mol. The van der Waals surface area contributed by atoms with Crippen LogP contribution >= 0.6 is 0 Å². The van der Waals surface area contributed by atoms with Crippen molar-refractivity contribution in [3.05, 3.63) is 57.5 Å². The first-order valence-corrected chi connectivity index (χ1v) is 9.92. The molecule has 0 unspecified atom stereocenters. The number of rotatable bonds is 5. The van der Waals surface area contributed by atoms with Gasteiger partial charge in [-0.1, -0.05) is 6.07 Å². The SMILES string of the molecule is O=c1cc2c(nn1CCNS(=O)(=O)c1cccc(C(F)(F)F)c1)CCCC2. The topological polar surface area (TPSA) is 81.1 Å². The van der Waals surface area contributed by atoms with Crippen LogP contribution in [-0.2, 0) is 35.6 Å². The van der Waals surface area contributed by atoms with Crippen LogP contribution in [0.5, 0.6) is 0 Å². The zero-order valence-electron chi connectivity index (χ0n) is 14.3. The lowest BCUT2D eigenvalue weighted by molar-refractivity contribution is -0.137. The molecule has 1 aromatic carbocycles. The smallest absolute Gasteiger partial charge is 0.268 e. The number of alkyl halides is 3. The Morgan fingerprint density at radius 1 is 1.15 bits per heavy atom. The molecule has 0 spiro atoms. The fourth-order valence-electron chi connectivity index (χ4n) is 2.97. The van der Waals surface area contributed by atoms with Gasteiger partial charge in [0, 0.05) is 12.6 Å². The molecule has 0 radical (unpaired) electrons. The summed E-state index contributed by atoms with van der Waals surface area (Å²) in [6.07, 6.45) is -1.06. The first-order chi connectivity index (χ1) is 12.7. The van der Waals surface area contributed by atoms with E-state index in [1.165, 1.54) is 10.7 Å². The number of fused-ring (bicyclic) bond motifs is 1. The molecule has 0 aliphatic heterocycles. The fraction of sp³-hybridized carbons (Fsp3) is 0.412. The minimum atomic E-state index is -4.63. The van der Waals surface area contributed by atoms with Crippen LogP contribution in [0, 0.1) is 0 Å². The number of aryl methyl sites for hydroxylation is 2. The Labute approximate surface area is 154 Å². The molecule has 146 valence electrons. The van der Waals surface area contributed by atoms with Crippen molar-refractivity contribution in [3.8, 4) is 0 Å². The summed E-state index contributed by atoms with van der Waals surface area (Å²) in [5.41, 5.74) is 0.389. The van der Waals surface area contributed by atoms with E-state index in [9.17, 15) is 26.4 Å². The van der Waals surface area contributed by atoms with Gasteiger partial charge in [-0.3, -0.25) is 4.79 Å². The molecular weight excluding hydrogens is 383 g/mol. The molecule has 1 aliphatic rings. The summed E-state index contributed by atoms with van der Waals surface area (Å²) in [6.45, 7) is -0.172. The Bertz CT molecular complexity index is 1000. The second-order valence-corrected chi connectivity index (χ2v) is 8.08. The third kappa shape index (κ3) is 4.56. The highest BCUT2D eigenvalue weighted by atomic mass is 32.2. The largest absolute Gasteiger partial charge is 0.416 e. The molecule has 1 aromatic heterocycles. The van der Waals surface area contributed by atoms with Crippen LogP contribution in [0.15, 0.2) is 40.0 Å². The van der Waals surface area contributed by atoms with Crippen LogP contribution < -0.4 is 10.3 Å². The van der Waals surface area contributed by atoms with Crippen molar-refractivity contribution in [1.82, 2.24) is 14.5 Å². The molecule has 0 saturated carbocycles. The van der Waals surface area contributed by atoms with Crippen LogP contribution in [0.3, 0.4) is 0 Å². The van der Waals surface area contributed by atoms with E-state index in [1.807, 2.05) is 0 Å². The van der Waals surface area contributed by atoms with Gasteiger partial charge >= 0.3 is 6.18 Å². The van der Waals surface area contributed by atoms with Crippen molar-refractivity contribution >= 4 is 10.0 Å². The molecule has 0 saturated heterocycles. The third-order valence-corrected chi connectivity index (χ3v) is 5.82. The molecule has 3 rings (SSSR count). The predicted molar refractivity (Wildman–Crippen MR) is 91.8 cm³/mol. The molecule has 0 fully saturated rings. The number of nitrogens with one attached hydrogen (secondary N) is 1. The van der Waals surface area contributed by atoms with Gasteiger partial charge in [0.1, 0.15) is 0 Å². The van der Waals surface area contributed by atoms with Gasteiger partial charge in [0.05, 0.1) is 22.7 Å². The summed E-state index contributed by atoms with van der Waals surface area (Å²) in [6, 6.07) is 5.01. The van der Waals surface area contributed by atoms with E-state index in [0.29, 0.717) is 6.07 Å². The van der Waals surface area contributed by atoms with E-state index in [0.717, 1.165) is 55.1 Å². The molecule has 0 bridgehead atoms. The summed E-state index contributed by atoms with van der Waals surface area (Å²) in [7, 11) is -4.14. The number of halogens is 3. The first-order valence-electron chi connectivity index (χ1n) is 8.44. The molecule has 10 heteroatoms. The average molecular weight is 401 g/mol. The van der Waals surface area contributed by atoms with Crippen molar-refractivity contribution in [3.63, 3.8) is 0 Å². The molecule has 27 heavy (non-hydrogen) atoms. The maximum atomic E-state index is 12.8. The molecular formula is C17H18F3N3O3S. The number of sulfonamides is 1. The van der Waals surface area contributed by atoms with E-state index in [4.69, 9.17) is 0 Å². The van der Waals surface area contributed by atoms with Crippen molar-refractivity contribution < 1.29 is 21.6 Å². The quantitative estimate of drug-likeness (QED) is 0.832. The second-order valence-electron chi connectivity index (χ2n) is 6.31. The van der Waals surface area contributed by atoms with Gasteiger partial charge in [-0.25, -0.2) is 17.8 Å². The maximum Gasteiger partial charge on any atom is 0.416 e. The average Bonchev–Trinajstić information content (AvgIpc) is 2.61. The van der Waals surface area contributed by atoms with Gasteiger partial charge in [0.15, 0.2) is 0 Å². The fourth-order valence-corrected chi connectivity index (χ4v) is 4.04. The van der Waals surface area contributed by atoms with E-state index >= 15 is 0 Å². The van der Waals surface area contributed by atoms with Crippen molar-refractivity contribution in [2.45, 2.75) is 43.3 Å². The summed E-state index contributed by atoms with van der Waals surface area (Å²) < 4.78 is 66.1. The van der Waals surface area contributed by atoms with Gasteiger partial charge in [0.25, 0.3) is 5.56 Å². The third-order valence-electron chi connectivity index (χ3n) is 4.36. The minimum Gasteiger partial charge on any atom is -0.268 e. The Morgan fingerprint density at radius 2 is 1.89 bits per heavy atom. The van der Waals surface area contributed by atoms with Crippen LogP contribution in [0.2, 0.25) is 0 Å². The summed E-state index contributed by atoms with van der Waals surface area (Å²) >= 11 is 0. The molecule has 1 N–H and O–H groups in total. The van der Waals surface area contributed by atoms with E-state index in [1.54, 1.807) is 0 Å². The van der Waals surface area contributed by atoms with Crippen LogP contribution in [0.25, 0.3) is 0 Å². The van der Waals surface area contributed by atoms with Crippen LogP contribution in [0.4, 0.5) is 13.2 Å². The highest BCUT2D eigenvalue weighted by Crippen LogP contribution is 2.30. The Balaban J connectivity index is 1.71. The van der Waals surface area contributed by atoms with Gasteiger partial charge < -0.3 is 0 Å². The number of benzene rings is 1.